The second-order valence-corrected chi connectivity index (χ2v) is 7.37. The maximum atomic E-state index is 12.4. The number of likely N-dealkylation sites (tertiary alicyclic amines) is 1. The molecule has 2 aliphatic heterocycles. The fraction of sp³-hybridized carbons (Fsp3) is 0.526. The van der Waals surface area contributed by atoms with Gasteiger partial charge >= 0.3 is 0 Å². The highest BCUT2D eigenvalue weighted by Gasteiger charge is 2.27. The summed E-state index contributed by atoms with van der Waals surface area (Å²) in [5, 5.41) is 1.58. The average Bonchev–Trinajstić information content (AvgIpc) is 3.14. The molecule has 0 saturated carbocycles. The lowest BCUT2D eigenvalue weighted by molar-refractivity contribution is -0.134. The number of piperidine rings is 1. The van der Waals surface area contributed by atoms with Crippen molar-refractivity contribution in [2.24, 2.45) is 0 Å². The molecule has 0 spiro atoms. The summed E-state index contributed by atoms with van der Waals surface area (Å²) >= 11 is 5.98. The first kappa shape index (κ1) is 16.7. The average molecular weight is 360 g/mol. The van der Waals surface area contributed by atoms with Crippen LogP contribution in [-0.2, 0) is 9.53 Å². The Bertz CT molecular complexity index is 768. The van der Waals surface area contributed by atoms with Crippen LogP contribution in [-0.4, -0.2) is 46.6 Å². The van der Waals surface area contributed by atoms with E-state index in [2.05, 4.69) is 11.1 Å². The quantitative estimate of drug-likeness (QED) is 0.840. The van der Waals surface area contributed by atoms with Gasteiger partial charge in [0.1, 0.15) is 0 Å². The van der Waals surface area contributed by atoms with Gasteiger partial charge in [-0.2, -0.15) is 0 Å². The Morgan fingerprint density at radius 3 is 2.88 bits per heavy atom. The van der Waals surface area contributed by atoms with Crippen molar-refractivity contribution in [3.05, 3.63) is 35.1 Å². The van der Waals surface area contributed by atoms with Gasteiger partial charge in [-0.15, -0.1) is 0 Å². The zero-order valence-electron chi connectivity index (χ0n) is 14.2. The monoisotopic (exact) mass is 359 g/mol. The van der Waals surface area contributed by atoms with Crippen molar-refractivity contribution in [3.63, 3.8) is 0 Å². The highest BCUT2D eigenvalue weighted by atomic mass is 35.5. The van der Waals surface area contributed by atoms with Gasteiger partial charge in [-0.05, 0) is 43.9 Å². The zero-order chi connectivity index (χ0) is 17.2. The van der Waals surface area contributed by atoms with Crippen LogP contribution in [0.1, 0.15) is 43.7 Å². The molecule has 4 rings (SSSR count). The molecule has 4 heterocycles. The van der Waals surface area contributed by atoms with Crippen LogP contribution in [0.3, 0.4) is 0 Å². The van der Waals surface area contributed by atoms with Crippen LogP contribution in [0, 0.1) is 0 Å². The smallest absolute Gasteiger partial charge is 0.225 e. The molecule has 1 amide bonds. The number of hydrogen-bond donors (Lipinski definition) is 0. The van der Waals surface area contributed by atoms with Crippen molar-refractivity contribution >= 4 is 28.5 Å². The fourth-order valence-corrected chi connectivity index (χ4v) is 3.95. The van der Waals surface area contributed by atoms with E-state index in [1.807, 2.05) is 17.0 Å². The number of fused-ring (bicyclic) bond motifs is 1. The van der Waals surface area contributed by atoms with E-state index in [4.69, 9.17) is 21.3 Å². The van der Waals surface area contributed by atoms with Crippen molar-refractivity contribution < 1.29 is 9.53 Å². The van der Waals surface area contributed by atoms with Gasteiger partial charge in [0.15, 0.2) is 5.65 Å². The largest absolute Gasteiger partial charge is 0.378 e. The maximum absolute atomic E-state index is 12.4. The molecule has 2 saturated heterocycles. The van der Waals surface area contributed by atoms with Crippen molar-refractivity contribution in [2.45, 2.75) is 44.1 Å². The first-order chi connectivity index (χ1) is 12.2. The summed E-state index contributed by atoms with van der Waals surface area (Å²) < 4.78 is 5.58. The molecule has 0 N–H and O–H groups in total. The Balaban J connectivity index is 1.38. The molecule has 1 atom stereocenters. The standard InChI is InChI=1S/C19H22ClN3O2/c20-15-10-14-3-4-17(22-19(14)21-12-15)13-5-7-23(8-6-13)18(24)11-16-2-1-9-25-16/h3-4,10,12-13,16H,1-2,5-9,11H2. The van der Waals surface area contributed by atoms with E-state index in [0.717, 1.165) is 62.1 Å². The molecule has 0 aromatic carbocycles. The van der Waals surface area contributed by atoms with Crippen LogP contribution in [0.25, 0.3) is 11.0 Å². The number of ether oxygens (including phenoxy) is 1. The van der Waals surface area contributed by atoms with E-state index in [1.165, 1.54) is 0 Å². The van der Waals surface area contributed by atoms with Gasteiger partial charge in [0.05, 0.1) is 17.5 Å². The third-order valence-electron chi connectivity index (χ3n) is 5.22. The fourth-order valence-electron chi connectivity index (χ4n) is 3.78. The Morgan fingerprint density at radius 1 is 1.28 bits per heavy atom. The van der Waals surface area contributed by atoms with E-state index in [-0.39, 0.29) is 12.0 Å². The number of carbonyl (C=O) groups excluding carboxylic acids is 1. The number of hydrogen-bond acceptors (Lipinski definition) is 4. The van der Waals surface area contributed by atoms with Gasteiger partial charge < -0.3 is 9.64 Å². The van der Waals surface area contributed by atoms with Gasteiger partial charge in [0.2, 0.25) is 5.91 Å². The van der Waals surface area contributed by atoms with Crippen molar-refractivity contribution in [3.8, 4) is 0 Å². The summed E-state index contributed by atoms with van der Waals surface area (Å²) in [5.74, 6) is 0.613. The second kappa shape index (κ2) is 7.26. The number of carbonyl (C=O) groups is 1. The minimum absolute atomic E-state index is 0.130. The van der Waals surface area contributed by atoms with Crippen LogP contribution < -0.4 is 0 Å². The number of nitrogens with zero attached hydrogens (tertiary/aromatic N) is 3. The van der Waals surface area contributed by atoms with Crippen LogP contribution >= 0.6 is 11.6 Å². The van der Waals surface area contributed by atoms with Crippen molar-refractivity contribution in [1.82, 2.24) is 14.9 Å². The molecular formula is C19H22ClN3O2. The van der Waals surface area contributed by atoms with Gasteiger partial charge in [-0.1, -0.05) is 11.6 Å². The maximum Gasteiger partial charge on any atom is 0.225 e. The molecule has 1 unspecified atom stereocenters. The second-order valence-electron chi connectivity index (χ2n) is 6.93. The van der Waals surface area contributed by atoms with E-state index in [1.54, 1.807) is 6.20 Å². The van der Waals surface area contributed by atoms with Gasteiger partial charge in [-0.3, -0.25) is 4.79 Å². The number of aromatic nitrogens is 2. The Labute approximate surface area is 152 Å². The summed E-state index contributed by atoms with van der Waals surface area (Å²) in [6.45, 7) is 2.39. The van der Waals surface area contributed by atoms with E-state index < -0.39 is 0 Å². The summed E-state index contributed by atoms with van der Waals surface area (Å²) in [4.78, 5) is 23.4. The molecule has 132 valence electrons. The van der Waals surface area contributed by atoms with E-state index in [9.17, 15) is 4.79 Å². The van der Waals surface area contributed by atoms with Crippen molar-refractivity contribution in [2.75, 3.05) is 19.7 Å². The topological polar surface area (TPSA) is 55.3 Å². The normalized spacial score (nSPS) is 21.8. The first-order valence-corrected chi connectivity index (χ1v) is 9.38. The molecule has 5 nitrogen and oxygen atoms in total. The van der Waals surface area contributed by atoms with Gasteiger partial charge in [0.25, 0.3) is 0 Å². The third kappa shape index (κ3) is 3.77. The molecule has 25 heavy (non-hydrogen) atoms. The summed E-state index contributed by atoms with van der Waals surface area (Å²) in [7, 11) is 0. The van der Waals surface area contributed by atoms with Crippen LogP contribution in [0.15, 0.2) is 24.4 Å². The summed E-state index contributed by atoms with van der Waals surface area (Å²) in [6.07, 6.45) is 6.28. The first-order valence-electron chi connectivity index (χ1n) is 9.00. The Morgan fingerprint density at radius 2 is 2.12 bits per heavy atom. The Hall–Kier alpha value is -1.72. The van der Waals surface area contributed by atoms with E-state index >= 15 is 0 Å². The lowest BCUT2D eigenvalue weighted by Crippen LogP contribution is -2.39. The highest BCUT2D eigenvalue weighted by molar-refractivity contribution is 6.31. The van der Waals surface area contributed by atoms with Gasteiger partial charge in [0, 0.05) is 42.9 Å². The molecule has 0 aliphatic carbocycles. The zero-order valence-corrected chi connectivity index (χ0v) is 14.9. The molecule has 6 heteroatoms. The van der Waals surface area contributed by atoms with Crippen LogP contribution in [0.4, 0.5) is 0 Å². The van der Waals surface area contributed by atoms with Crippen LogP contribution in [0.2, 0.25) is 5.02 Å². The third-order valence-corrected chi connectivity index (χ3v) is 5.43. The van der Waals surface area contributed by atoms with Gasteiger partial charge in [-0.25, -0.2) is 9.97 Å². The summed E-state index contributed by atoms with van der Waals surface area (Å²) in [6, 6.07) is 5.98. The molecule has 2 fully saturated rings. The predicted molar refractivity (Wildman–Crippen MR) is 96.7 cm³/mol. The number of pyridine rings is 2. The lowest BCUT2D eigenvalue weighted by Gasteiger charge is -2.32. The Kier molecular flexibility index (Phi) is 4.86. The number of halogens is 1. The van der Waals surface area contributed by atoms with Crippen LogP contribution in [0.5, 0.6) is 0 Å². The molecule has 2 aromatic rings. The van der Waals surface area contributed by atoms with E-state index in [0.29, 0.717) is 17.4 Å². The minimum Gasteiger partial charge on any atom is -0.378 e. The number of amides is 1. The molecule has 2 aromatic heterocycles. The minimum atomic E-state index is 0.130. The molecular weight excluding hydrogens is 338 g/mol. The lowest BCUT2D eigenvalue weighted by atomic mass is 9.92. The molecule has 0 radical (unpaired) electrons. The molecule has 0 bridgehead atoms. The highest BCUT2D eigenvalue weighted by Crippen LogP contribution is 2.29. The van der Waals surface area contributed by atoms with Crippen molar-refractivity contribution in [1.29, 1.82) is 0 Å². The number of rotatable bonds is 3. The SMILES string of the molecule is O=C(CC1CCCO1)N1CCC(c2ccc3cc(Cl)cnc3n2)CC1. The predicted octanol–water partition coefficient (Wildman–Crippen LogP) is 3.56. The molecule has 2 aliphatic rings. The summed E-state index contributed by atoms with van der Waals surface area (Å²) in [5.41, 5.74) is 1.80.